The minimum Gasteiger partial charge on any atom is -0.255 e. The zero-order valence-corrected chi connectivity index (χ0v) is 64.3. The molecule has 17 heteroatoms. The first kappa shape index (κ1) is 73.4. The Bertz CT molecular complexity index is 5830. The Morgan fingerprint density at radius 2 is 0.250 bits per heavy atom. The van der Waals surface area contributed by atoms with Gasteiger partial charge >= 0.3 is 0 Å². The summed E-state index contributed by atoms with van der Waals surface area (Å²) in [6.07, 6.45) is 10.7. The molecule has 0 saturated carbocycles. The van der Waals surface area contributed by atoms with Crippen LogP contribution in [-0.4, -0.2) is 84.7 Å². The quantitative estimate of drug-likeness (QED) is 0.0779. The van der Waals surface area contributed by atoms with Crippen molar-refractivity contribution in [3.63, 3.8) is 0 Å². The molecule has 20 aromatic rings. The Morgan fingerprint density at radius 3 is 0.425 bits per heavy atom. The maximum Gasteiger partial charge on any atom is 0.164 e. The third kappa shape index (κ3) is 16.6. The molecule has 0 N–H and O–H groups in total. The summed E-state index contributed by atoms with van der Waals surface area (Å²) in [5.41, 5.74) is 27.9. The smallest absolute Gasteiger partial charge is 0.164 e. The van der Waals surface area contributed by atoms with Crippen LogP contribution < -0.4 is 0 Å². The molecule has 0 aliphatic heterocycles. The molecular formula is C103H67N17. The summed E-state index contributed by atoms with van der Waals surface area (Å²) in [5, 5.41) is 0. The number of rotatable bonds is 18. The third-order valence-electron chi connectivity index (χ3n) is 20.1. The van der Waals surface area contributed by atoms with E-state index in [-0.39, 0.29) is 0 Å². The van der Waals surface area contributed by atoms with Crippen LogP contribution in [0.3, 0.4) is 0 Å². The Balaban J connectivity index is 0.000000159. The van der Waals surface area contributed by atoms with Gasteiger partial charge in [0, 0.05) is 104 Å². The first-order chi connectivity index (χ1) is 59.4. The van der Waals surface area contributed by atoms with Crippen molar-refractivity contribution in [2.24, 2.45) is 0 Å². The number of hydrogen-bond donors (Lipinski definition) is 0. The van der Waals surface area contributed by atoms with Gasteiger partial charge in [0.25, 0.3) is 0 Å². The number of pyridine rings is 12. The van der Waals surface area contributed by atoms with Gasteiger partial charge in [-0.1, -0.05) is 218 Å². The molecule has 14 aromatic heterocycles. The topological polar surface area (TPSA) is 219 Å². The van der Waals surface area contributed by atoms with Gasteiger partial charge in [-0.25, -0.2) is 54.8 Å². The van der Waals surface area contributed by atoms with E-state index < -0.39 is 0 Å². The van der Waals surface area contributed by atoms with Crippen molar-refractivity contribution in [2.75, 3.05) is 0 Å². The van der Waals surface area contributed by atoms with Crippen molar-refractivity contribution in [3.05, 3.63) is 407 Å². The van der Waals surface area contributed by atoms with Crippen LogP contribution in [0.15, 0.2) is 407 Å². The van der Waals surface area contributed by atoms with E-state index in [9.17, 15) is 0 Å². The van der Waals surface area contributed by atoms with Crippen LogP contribution in [0.4, 0.5) is 0 Å². The van der Waals surface area contributed by atoms with Crippen LogP contribution in [0.25, 0.3) is 204 Å². The summed E-state index contributed by atoms with van der Waals surface area (Å²) >= 11 is 0. The molecule has 0 aliphatic carbocycles. The SMILES string of the molecule is c1ccc(-c2cccc(-c3ccc(-c4cc(-c5ccc(-c6cccc(-c7ccccn7)n6)cc5)nc(-c5ccc(-c6cccc(-c7ccccn7)n6)cc5)n4)cc3)n2)nc1.c1ccc(-c2cccc(-c3ccc(-c4nc(-c5ccc(-c6cccc(-c7ccccn7)n6)cc5)nc(-c5ccc(-c6cccc(-c7ccccn7)n6)cc5)n4)cc3)n2)nc1. The maximum absolute atomic E-state index is 5.14. The van der Waals surface area contributed by atoms with Crippen molar-refractivity contribution >= 4 is 0 Å². The van der Waals surface area contributed by atoms with E-state index in [1.807, 2.05) is 291 Å². The molecule has 0 bridgehead atoms. The predicted octanol–water partition coefficient (Wildman–Crippen LogP) is 23.1. The van der Waals surface area contributed by atoms with Crippen LogP contribution in [-0.2, 0) is 0 Å². The molecule has 564 valence electrons. The summed E-state index contributed by atoms with van der Waals surface area (Å²) in [6, 6.07) is 122. The van der Waals surface area contributed by atoms with Crippen LogP contribution in [0.1, 0.15) is 0 Å². The van der Waals surface area contributed by atoms with Crippen molar-refractivity contribution in [2.45, 2.75) is 0 Å². The molecule has 0 unspecified atom stereocenters. The van der Waals surface area contributed by atoms with Crippen LogP contribution in [0.2, 0.25) is 0 Å². The molecule has 6 aromatic carbocycles. The van der Waals surface area contributed by atoms with E-state index in [1.54, 1.807) is 37.2 Å². The zero-order valence-electron chi connectivity index (χ0n) is 64.3. The Labute approximate surface area is 691 Å². The van der Waals surface area contributed by atoms with Gasteiger partial charge in [-0.15, -0.1) is 0 Å². The second-order valence-corrected chi connectivity index (χ2v) is 28.0. The normalized spacial score (nSPS) is 11.0. The number of nitrogens with zero attached hydrogens (tertiary/aromatic N) is 17. The minimum absolute atomic E-state index is 0.555. The molecule has 14 heterocycles. The molecule has 0 saturated heterocycles. The standard InChI is InChI=1S/C52H34N8.C51H33N9/c1-4-31-53-44(10-1)47-16-7-13-41(56-47)35-19-23-38(24-20-35)50-34-51(39-25-21-36(22-26-39)42-14-8-17-48(57-42)45-11-2-5-32-54-45)60-52(59-50)40-29-27-37(28-30-40)43-15-9-18-49(58-43)46-12-3-6-33-55-46;1-4-31-52-43(10-1)46-16-7-13-40(55-46)34-19-25-37(26-20-34)49-58-50(38-27-21-35(22-28-38)41-14-8-17-47(56-41)44-11-2-5-32-53-44)60-51(59-49)39-29-23-36(24-30-39)42-15-9-18-48(57-42)45-12-3-6-33-54-45/h1-34H;1-33H. The molecule has 17 nitrogen and oxygen atoms in total. The van der Waals surface area contributed by atoms with Crippen molar-refractivity contribution in [1.82, 2.24) is 84.7 Å². The highest BCUT2D eigenvalue weighted by molar-refractivity contribution is 5.79. The molecule has 0 spiro atoms. The van der Waals surface area contributed by atoms with Crippen molar-refractivity contribution < 1.29 is 0 Å². The third-order valence-corrected chi connectivity index (χ3v) is 20.1. The molecule has 0 amide bonds. The lowest BCUT2D eigenvalue weighted by atomic mass is 10.0. The summed E-state index contributed by atoms with van der Waals surface area (Å²) in [7, 11) is 0. The van der Waals surface area contributed by atoms with E-state index in [1.165, 1.54) is 0 Å². The average molecular weight is 1540 g/mol. The number of benzene rings is 6. The average Bonchev–Trinajstić information content (AvgIpc) is 0.791. The number of hydrogen-bond acceptors (Lipinski definition) is 17. The number of aromatic nitrogens is 17. The Kier molecular flexibility index (Phi) is 20.9. The second kappa shape index (κ2) is 34.1. The van der Waals surface area contributed by atoms with E-state index in [0.29, 0.717) is 23.3 Å². The van der Waals surface area contributed by atoms with Gasteiger partial charge in [-0.05, 0) is 152 Å². The largest absolute Gasteiger partial charge is 0.255 e. The van der Waals surface area contributed by atoms with Gasteiger partial charge in [-0.3, -0.25) is 29.9 Å². The van der Waals surface area contributed by atoms with Gasteiger partial charge in [0.15, 0.2) is 23.3 Å². The fraction of sp³-hybridized carbons (Fsp3) is 0. The first-order valence-electron chi connectivity index (χ1n) is 39.0. The van der Waals surface area contributed by atoms with Gasteiger partial charge in [0.05, 0.1) is 114 Å². The van der Waals surface area contributed by atoms with Crippen molar-refractivity contribution in [3.8, 4) is 204 Å². The highest BCUT2D eigenvalue weighted by atomic mass is 15.0. The molecule has 0 fully saturated rings. The van der Waals surface area contributed by atoms with Crippen molar-refractivity contribution in [1.29, 1.82) is 0 Å². The Hall–Kier alpha value is -16.8. The van der Waals surface area contributed by atoms with Crippen LogP contribution in [0, 0.1) is 0 Å². The highest BCUT2D eigenvalue weighted by Gasteiger charge is 2.19. The van der Waals surface area contributed by atoms with E-state index in [2.05, 4.69) is 109 Å². The summed E-state index contributed by atoms with van der Waals surface area (Å²) in [6.45, 7) is 0. The lowest BCUT2D eigenvalue weighted by Crippen LogP contribution is -2.00. The molecule has 0 atom stereocenters. The van der Waals surface area contributed by atoms with E-state index in [0.717, 1.165) is 181 Å². The van der Waals surface area contributed by atoms with Gasteiger partial charge in [-0.2, -0.15) is 0 Å². The van der Waals surface area contributed by atoms with E-state index in [4.69, 9.17) is 54.8 Å². The van der Waals surface area contributed by atoms with Crippen LogP contribution in [0.5, 0.6) is 0 Å². The molecule has 0 radical (unpaired) electrons. The summed E-state index contributed by atoms with van der Waals surface area (Å²) in [5.74, 6) is 2.28. The maximum atomic E-state index is 5.14. The second-order valence-electron chi connectivity index (χ2n) is 28.0. The fourth-order valence-electron chi connectivity index (χ4n) is 13.9. The lowest BCUT2D eigenvalue weighted by molar-refractivity contribution is 1.07. The van der Waals surface area contributed by atoms with E-state index >= 15 is 0 Å². The monoisotopic (exact) mass is 1540 g/mol. The molecule has 20 rings (SSSR count). The van der Waals surface area contributed by atoms with Gasteiger partial charge < -0.3 is 0 Å². The summed E-state index contributed by atoms with van der Waals surface area (Å²) in [4.78, 5) is 81.7. The summed E-state index contributed by atoms with van der Waals surface area (Å²) < 4.78 is 0. The zero-order chi connectivity index (χ0) is 80.2. The predicted molar refractivity (Wildman–Crippen MR) is 473 cm³/mol. The molecule has 0 aliphatic rings. The van der Waals surface area contributed by atoms with Crippen LogP contribution >= 0.6 is 0 Å². The first-order valence-corrected chi connectivity index (χ1v) is 39.0. The van der Waals surface area contributed by atoms with Gasteiger partial charge in [0.2, 0.25) is 0 Å². The fourth-order valence-corrected chi connectivity index (χ4v) is 13.9. The lowest BCUT2D eigenvalue weighted by Gasteiger charge is -2.11. The molecule has 120 heavy (non-hydrogen) atoms. The van der Waals surface area contributed by atoms with Gasteiger partial charge in [0.1, 0.15) is 0 Å². The molecular weight excluding hydrogens is 1480 g/mol. The minimum atomic E-state index is 0.555. The Morgan fingerprint density at radius 1 is 0.100 bits per heavy atom. The highest BCUT2D eigenvalue weighted by Crippen LogP contribution is 2.36.